The highest BCUT2D eigenvalue weighted by atomic mass is 32.1. The van der Waals surface area contributed by atoms with Gasteiger partial charge in [-0.1, -0.05) is 0 Å². The molecule has 1 aliphatic rings. The van der Waals surface area contributed by atoms with Gasteiger partial charge in [0.15, 0.2) is 0 Å². The summed E-state index contributed by atoms with van der Waals surface area (Å²) >= 11 is 1.73. The second kappa shape index (κ2) is 4.38. The zero-order chi connectivity index (χ0) is 9.97. The lowest BCUT2D eigenvalue weighted by Gasteiger charge is -2.34. The van der Waals surface area contributed by atoms with Gasteiger partial charge in [0, 0.05) is 24.2 Å². The lowest BCUT2D eigenvalue weighted by atomic mass is 10.1. The van der Waals surface area contributed by atoms with Crippen molar-refractivity contribution in [3.05, 3.63) is 16.6 Å². The van der Waals surface area contributed by atoms with E-state index in [1.165, 1.54) is 17.8 Å². The molecular weight excluding hydrogens is 194 g/mol. The fraction of sp³-hybridized carbons (Fsp3) is 0.700. The Labute approximate surface area is 88.9 Å². The van der Waals surface area contributed by atoms with Gasteiger partial charge in [0.05, 0.1) is 6.04 Å². The van der Waals surface area contributed by atoms with E-state index in [-0.39, 0.29) is 0 Å². The van der Waals surface area contributed by atoms with E-state index in [1.807, 2.05) is 11.6 Å². The van der Waals surface area contributed by atoms with Crippen LogP contribution in [0.5, 0.6) is 0 Å². The molecule has 2 heterocycles. The maximum Gasteiger partial charge on any atom is 0.109 e. The molecule has 1 aromatic heterocycles. The Bertz CT molecular complexity index is 273. The van der Waals surface area contributed by atoms with Gasteiger partial charge < -0.3 is 5.73 Å². The van der Waals surface area contributed by atoms with Crippen LogP contribution in [0.3, 0.4) is 0 Å². The lowest BCUT2D eigenvalue weighted by Crippen LogP contribution is -2.43. The minimum Gasteiger partial charge on any atom is -0.327 e. The Balaban J connectivity index is 2.00. The summed E-state index contributed by atoms with van der Waals surface area (Å²) in [4.78, 5) is 6.79. The van der Waals surface area contributed by atoms with Crippen LogP contribution < -0.4 is 5.73 Å². The summed E-state index contributed by atoms with van der Waals surface area (Å²) in [7, 11) is 0. The number of hydrogen-bond acceptors (Lipinski definition) is 4. The zero-order valence-electron chi connectivity index (χ0n) is 8.52. The normalized spacial score (nSPS) is 26.3. The van der Waals surface area contributed by atoms with Crippen LogP contribution in [0.1, 0.15) is 30.8 Å². The van der Waals surface area contributed by atoms with Crippen LogP contribution in [0.25, 0.3) is 0 Å². The molecule has 3 nitrogen and oxygen atoms in total. The minimum atomic E-state index is 0.353. The highest BCUT2D eigenvalue weighted by Crippen LogP contribution is 2.24. The van der Waals surface area contributed by atoms with Crippen LogP contribution in [0, 0.1) is 0 Å². The van der Waals surface area contributed by atoms with Gasteiger partial charge >= 0.3 is 0 Å². The molecule has 0 amide bonds. The summed E-state index contributed by atoms with van der Waals surface area (Å²) in [6.45, 7) is 4.39. The van der Waals surface area contributed by atoms with Gasteiger partial charge in [-0.15, -0.1) is 11.3 Å². The highest BCUT2D eigenvalue weighted by molar-refractivity contribution is 7.09. The number of aromatic nitrogens is 1. The summed E-state index contributed by atoms with van der Waals surface area (Å²) in [6.07, 6.45) is 4.26. The number of thiazole rings is 1. The molecule has 0 spiro atoms. The summed E-state index contributed by atoms with van der Waals surface area (Å²) in [5.74, 6) is 0. The van der Waals surface area contributed by atoms with Crippen molar-refractivity contribution in [3.8, 4) is 0 Å². The third-order valence-corrected chi connectivity index (χ3v) is 3.79. The molecule has 0 unspecified atom stereocenters. The molecule has 2 rings (SSSR count). The van der Waals surface area contributed by atoms with E-state index in [9.17, 15) is 0 Å². The van der Waals surface area contributed by atoms with E-state index >= 15 is 0 Å². The number of nitrogens with zero attached hydrogens (tertiary/aromatic N) is 2. The van der Waals surface area contributed by atoms with Crippen LogP contribution in [0.4, 0.5) is 0 Å². The molecule has 0 radical (unpaired) electrons. The third kappa shape index (κ3) is 2.13. The Morgan fingerprint density at radius 1 is 1.71 bits per heavy atom. The molecule has 1 aliphatic heterocycles. The van der Waals surface area contributed by atoms with Crippen molar-refractivity contribution in [1.82, 2.24) is 9.88 Å². The monoisotopic (exact) mass is 211 g/mol. The van der Waals surface area contributed by atoms with Crippen molar-refractivity contribution >= 4 is 11.3 Å². The fourth-order valence-corrected chi connectivity index (χ4v) is 2.72. The minimum absolute atomic E-state index is 0.353. The Kier molecular flexibility index (Phi) is 3.15. The molecule has 0 aliphatic carbocycles. The van der Waals surface area contributed by atoms with Crippen LogP contribution in [0.15, 0.2) is 11.6 Å². The smallest absolute Gasteiger partial charge is 0.109 e. The lowest BCUT2D eigenvalue weighted by molar-refractivity contribution is 0.159. The largest absolute Gasteiger partial charge is 0.327 e. The van der Waals surface area contributed by atoms with E-state index in [4.69, 9.17) is 5.73 Å². The molecule has 1 saturated heterocycles. The second-order valence-corrected chi connectivity index (χ2v) is 4.87. The van der Waals surface area contributed by atoms with Crippen LogP contribution >= 0.6 is 11.3 Å². The predicted molar refractivity (Wildman–Crippen MR) is 59.3 cm³/mol. The van der Waals surface area contributed by atoms with E-state index in [1.54, 1.807) is 11.3 Å². The first-order valence-corrected chi connectivity index (χ1v) is 6.04. The van der Waals surface area contributed by atoms with Crippen molar-refractivity contribution in [3.63, 3.8) is 0 Å². The summed E-state index contributed by atoms with van der Waals surface area (Å²) in [6, 6.07) is 0.785. The van der Waals surface area contributed by atoms with Gasteiger partial charge in [0.1, 0.15) is 5.01 Å². The zero-order valence-corrected chi connectivity index (χ0v) is 9.33. The van der Waals surface area contributed by atoms with Crippen LogP contribution in [-0.2, 0) is 0 Å². The topological polar surface area (TPSA) is 42.2 Å². The molecule has 0 saturated carbocycles. The number of hydrogen-bond donors (Lipinski definition) is 1. The van der Waals surface area contributed by atoms with E-state index in [2.05, 4.69) is 16.8 Å². The highest BCUT2D eigenvalue weighted by Gasteiger charge is 2.23. The summed E-state index contributed by atoms with van der Waals surface area (Å²) in [5.41, 5.74) is 5.96. The molecule has 4 heteroatoms. The molecule has 1 fully saturated rings. The van der Waals surface area contributed by atoms with Crippen LogP contribution in [0.2, 0.25) is 0 Å². The first kappa shape index (κ1) is 10.1. The van der Waals surface area contributed by atoms with Crippen molar-refractivity contribution in [2.24, 2.45) is 5.73 Å². The first-order chi connectivity index (χ1) is 6.77. The van der Waals surface area contributed by atoms with Gasteiger partial charge in [-0.25, -0.2) is 4.98 Å². The predicted octanol–water partition coefficient (Wildman–Crippen LogP) is 1.63. The number of piperidine rings is 1. The molecule has 78 valence electrons. The second-order valence-electron chi connectivity index (χ2n) is 3.94. The maximum atomic E-state index is 5.96. The Hall–Kier alpha value is -0.450. The van der Waals surface area contributed by atoms with Crippen LogP contribution in [-0.4, -0.2) is 29.0 Å². The first-order valence-electron chi connectivity index (χ1n) is 5.16. The summed E-state index contributed by atoms with van der Waals surface area (Å²) < 4.78 is 0. The van der Waals surface area contributed by atoms with Crippen molar-refractivity contribution in [2.75, 3.05) is 13.1 Å². The van der Waals surface area contributed by atoms with Crippen molar-refractivity contribution in [2.45, 2.75) is 31.8 Å². The maximum absolute atomic E-state index is 5.96. The molecule has 2 atom stereocenters. The Morgan fingerprint density at radius 3 is 3.21 bits per heavy atom. The average molecular weight is 211 g/mol. The van der Waals surface area contributed by atoms with Gasteiger partial charge in [-0.3, -0.25) is 4.90 Å². The quantitative estimate of drug-likeness (QED) is 0.808. The van der Waals surface area contributed by atoms with Crippen molar-refractivity contribution in [1.29, 1.82) is 0 Å². The number of likely N-dealkylation sites (tertiary alicyclic amines) is 1. The molecule has 1 aromatic rings. The summed E-state index contributed by atoms with van der Waals surface area (Å²) in [5, 5.41) is 3.24. The van der Waals surface area contributed by atoms with Gasteiger partial charge in [-0.2, -0.15) is 0 Å². The third-order valence-electron chi connectivity index (χ3n) is 2.85. The van der Waals surface area contributed by atoms with E-state index < -0.39 is 0 Å². The van der Waals surface area contributed by atoms with Gasteiger partial charge in [-0.05, 0) is 26.3 Å². The SMILES string of the molecule is C[C@H](c1nccs1)N1CCC[C@H](N)C1. The Morgan fingerprint density at radius 2 is 2.57 bits per heavy atom. The molecular formula is C10H17N3S. The molecule has 2 N–H and O–H groups in total. The number of nitrogens with two attached hydrogens (primary N) is 1. The molecule has 0 bridgehead atoms. The van der Waals surface area contributed by atoms with E-state index in [0.29, 0.717) is 12.1 Å². The standard InChI is InChI=1S/C10H17N3S/c1-8(10-12-4-6-14-10)13-5-2-3-9(11)7-13/h4,6,8-9H,2-3,5,7,11H2,1H3/t8-,9+/m1/s1. The molecule has 14 heavy (non-hydrogen) atoms. The number of rotatable bonds is 2. The van der Waals surface area contributed by atoms with Crippen molar-refractivity contribution < 1.29 is 0 Å². The van der Waals surface area contributed by atoms with Gasteiger partial charge in [0.25, 0.3) is 0 Å². The van der Waals surface area contributed by atoms with Gasteiger partial charge in [0.2, 0.25) is 0 Å². The van der Waals surface area contributed by atoms with E-state index in [0.717, 1.165) is 13.1 Å². The molecule has 0 aromatic carbocycles. The fourth-order valence-electron chi connectivity index (χ4n) is 1.99. The average Bonchev–Trinajstić information content (AvgIpc) is 2.69.